The Labute approximate surface area is 515 Å². The van der Waals surface area contributed by atoms with Crippen LogP contribution in [0.4, 0.5) is 10.5 Å². The van der Waals surface area contributed by atoms with Gasteiger partial charge in [-0.3, -0.25) is 37.5 Å². The second-order valence-corrected chi connectivity index (χ2v) is 29.4. The van der Waals surface area contributed by atoms with Gasteiger partial charge in [0.05, 0.1) is 23.4 Å². The average Bonchev–Trinajstić information content (AvgIpc) is 1.46. The van der Waals surface area contributed by atoms with E-state index in [-0.39, 0.29) is 55.3 Å². The number of hydrogen-bond donors (Lipinski definition) is 4. The molecule has 3 saturated carbocycles. The van der Waals surface area contributed by atoms with Gasteiger partial charge in [-0.25, -0.2) is 9.36 Å². The van der Waals surface area contributed by atoms with Crippen LogP contribution in [0.3, 0.4) is 0 Å². The van der Waals surface area contributed by atoms with Crippen LogP contribution in [0.25, 0.3) is 11.1 Å². The van der Waals surface area contributed by atoms with E-state index >= 15 is 4.79 Å². The number of phosphoric acid groups is 1. The summed E-state index contributed by atoms with van der Waals surface area (Å²) in [6.45, 7) is 18.5. The molecule has 10 atom stereocenters. The van der Waals surface area contributed by atoms with Gasteiger partial charge in [0.15, 0.2) is 23.5 Å². The number of nitrogens with one attached hydrogen (secondary N) is 3. The first-order valence-electron chi connectivity index (χ1n) is 30.6. The minimum Gasteiger partial charge on any atom is -0.460 e. The van der Waals surface area contributed by atoms with Crippen molar-refractivity contribution in [2.75, 3.05) is 25.1 Å². The molecule has 1 aliphatic heterocycles. The van der Waals surface area contributed by atoms with Crippen molar-refractivity contribution in [3.8, 4) is 11.1 Å². The van der Waals surface area contributed by atoms with Crippen molar-refractivity contribution >= 4 is 49.0 Å². The summed E-state index contributed by atoms with van der Waals surface area (Å²) in [4.78, 5) is 81.2. The summed E-state index contributed by atoms with van der Waals surface area (Å²) in [5, 5.41) is 20.5. The quantitative estimate of drug-likeness (QED) is 0.0504. The molecule has 4 fully saturated rings. The average molecular weight is 1230 g/mol. The minimum atomic E-state index is -4.36. The lowest BCUT2D eigenvalue weighted by molar-refractivity contribution is -0.201. The fourth-order valence-electron chi connectivity index (χ4n) is 14.7. The van der Waals surface area contributed by atoms with Gasteiger partial charge in [0.2, 0.25) is 11.8 Å². The number of aliphatic hydroxyl groups excluding tert-OH is 1. The summed E-state index contributed by atoms with van der Waals surface area (Å²) < 4.78 is 57.4. The van der Waals surface area contributed by atoms with E-state index in [1.807, 2.05) is 97.9 Å². The number of aliphatic hydroxyl groups is 1. The van der Waals surface area contributed by atoms with Gasteiger partial charge in [0.25, 0.3) is 0 Å². The van der Waals surface area contributed by atoms with E-state index in [9.17, 15) is 33.6 Å². The van der Waals surface area contributed by atoms with Gasteiger partial charge in [-0.2, -0.15) is 0 Å². The normalized spacial score (nSPS) is 26.7. The summed E-state index contributed by atoms with van der Waals surface area (Å²) in [6, 6.07) is 29.6. The first kappa shape index (κ1) is 64.4. The number of carbonyl (C=O) groups is 6. The number of alkyl carbamates (subject to hydrolysis) is 1. The number of rotatable bonds is 19. The molecule has 19 heteroatoms. The van der Waals surface area contributed by atoms with Crippen LogP contribution in [-0.4, -0.2) is 101 Å². The number of ether oxygens (including phenoxy) is 4. The molecule has 0 aromatic heterocycles. The molecule has 0 spiro atoms. The molecule has 4 N–H and O–H groups in total. The minimum absolute atomic E-state index is 0.0498. The molecular weight excluding hydrogens is 1140 g/mol. The van der Waals surface area contributed by atoms with E-state index in [4.69, 9.17) is 32.5 Å². The maximum Gasteiger partial charge on any atom is 0.476 e. The smallest absolute Gasteiger partial charge is 0.460 e. The topological polar surface area (TPSA) is 240 Å². The molecule has 6 aliphatic rings. The largest absolute Gasteiger partial charge is 0.476 e. The van der Waals surface area contributed by atoms with Crippen LogP contribution in [0.1, 0.15) is 155 Å². The number of Topliss-reactive ketones (excluding diaryl/α,β-unsaturated/α-hetero) is 1. The van der Waals surface area contributed by atoms with Crippen molar-refractivity contribution in [1.29, 1.82) is 0 Å². The second-order valence-electron chi connectivity index (χ2n) is 27.8. The summed E-state index contributed by atoms with van der Waals surface area (Å²) in [5.74, 6) is -2.96. The first-order chi connectivity index (χ1) is 41.4. The van der Waals surface area contributed by atoms with Crippen molar-refractivity contribution < 1.29 is 71.0 Å². The number of amides is 3. The number of hydrogen-bond acceptors (Lipinski definition) is 15. The van der Waals surface area contributed by atoms with Crippen LogP contribution in [0.5, 0.6) is 0 Å². The van der Waals surface area contributed by atoms with Crippen LogP contribution in [0.15, 0.2) is 121 Å². The van der Waals surface area contributed by atoms with Gasteiger partial charge in [0.1, 0.15) is 31.4 Å². The highest BCUT2D eigenvalue weighted by Crippen LogP contribution is 2.71. The molecular formula is C69H84N3O15P. The summed E-state index contributed by atoms with van der Waals surface area (Å²) in [7, 11) is -4.36. The summed E-state index contributed by atoms with van der Waals surface area (Å²) in [5.41, 5.74) is 2.19. The predicted molar refractivity (Wildman–Crippen MR) is 329 cm³/mol. The van der Waals surface area contributed by atoms with Gasteiger partial charge < -0.3 is 40.0 Å². The third kappa shape index (κ3) is 13.6. The lowest BCUT2D eigenvalue weighted by atomic mass is 9.46. The Bertz CT molecular complexity index is 3400. The van der Waals surface area contributed by atoms with Crippen molar-refractivity contribution in [3.63, 3.8) is 0 Å². The Hall–Kier alpha value is -6.63. The number of ketones is 2. The van der Waals surface area contributed by atoms with E-state index in [2.05, 4.69) is 22.9 Å². The van der Waals surface area contributed by atoms with Gasteiger partial charge in [-0.15, -0.1) is 0 Å². The maximum atomic E-state index is 15.4. The number of fused-ring (bicyclic) bond motifs is 10. The molecule has 10 rings (SSSR count). The van der Waals surface area contributed by atoms with Crippen molar-refractivity contribution in [2.24, 2.45) is 28.6 Å². The number of carbonyl (C=O) groups excluding carboxylic acids is 6. The molecule has 3 amide bonds. The van der Waals surface area contributed by atoms with Crippen LogP contribution in [-0.2, 0) is 67.5 Å². The van der Waals surface area contributed by atoms with E-state index < -0.39 is 108 Å². The third-order valence-corrected chi connectivity index (χ3v) is 20.1. The Kier molecular flexibility index (Phi) is 18.0. The molecule has 0 unspecified atom stereocenters. The Balaban J connectivity index is 0.813. The molecule has 1 saturated heterocycles. The molecule has 5 aliphatic carbocycles. The number of allylic oxidation sites excluding steroid dienone is 4. The molecule has 0 bridgehead atoms. The second kappa shape index (κ2) is 24.6. The number of esters is 1. The van der Waals surface area contributed by atoms with E-state index in [0.29, 0.717) is 36.9 Å². The van der Waals surface area contributed by atoms with Crippen LogP contribution >= 0.6 is 7.82 Å². The zero-order valence-corrected chi connectivity index (χ0v) is 53.2. The molecule has 18 nitrogen and oxygen atoms in total. The fourth-order valence-corrected chi connectivity index (χ4v) is 16.5. The highest BCUT2D eigenvalue weighted by Gasteiger charge is 2.76. The van der Waals surface area contributed by atoms with Crippen molar-refractivity contribution in [3.05, 3.63) is 149 Å². The van der Waals surface area contributed by atoms with E-state index in [1.165, 1.54) is 0 Å². The lowest BCUT2D eigenvalue weighted by Gasteiger charge is -2.59. The van der Waals surface area contributed by atoms with Gasteiger partial charge >= 0.3 is 19.9 Å². The SMILES string of the molecule is CC(C)(C)OC(=O)CC[C@H](NC(=O)CNC(=O)OCC1c2ccccc2-c2ccccc21)C(=O)Nc1cccc(Cc2ccc([C@@H]3O[C@@H]4C[C@H]5[C@@H]6CCC7=CC(=O)C=C[C@]7(C)[C@H]6[C@@H](O)C[C@]5(C)[C@]4(C(=O)COP(=O)(OC(C)(C)C)OC(C)(C)C)O3)cc2)c1. The van der Waals surface area contributed by atoms with Crippen molar-refractivity contribution in [2.45, 2.75) is 174 Å². The Morgan fingerprint density at radius 1 is 0.818 bits per heavy atom. The van der Waals surface area contributed by atoms with E-state index in [0.717, 1.165) is 39.0 Å². The van der Waals surface area contributed by atoms with Gasteiger partial charge in [0, 0.05) is 40.3 Å². The molecule has 4 aromatic carbocycles. The molecule has 4 aromatic rings. The zero-order valence-electron chi connectivity index (χ0n) is 52.3. The standard InChI is InChI=1S/C69H84N3O15P/c1-64(2,3)84-59(77)30-29-54(72-58(76)38-70-63(79)81-39-52-49-21-14-12-19-47(49)48-20-13-15-22-50(48)52)61(78)71-45-18-16-17-42(34-45)33-41-23-25-43(26-24-41)62-83-57-36-53-51-28-27-44-35-46(73)31-32-67(44,10)60(51)55(74)37-68(53,11)69(57,85-62)56(75)40-82-88(80,86-65(4,5)6)87-66(7,8)9/h12-26,31-32,34-35,51-55,57,60,62,74H,27-30,33,36-40H2,1-11H3,(H,70,79)(H,71,78)(H,72,76)/t51-,53-,54-,55-,57+,60+,62+,67-,68-,69+/m0/s1. The molecule has 0 radical (unpaired) electrons. The fraction of sp³-hybridized carbons (Fsp3) is 0.507. The highest BCUT2D eigenvalue weighted by atomic mass is 31.2. The first-order valence-corrected chi connectivity index (χ1v) is 32.1. The Morgan fingerprint density at radius 3 is 2.12 bits per heavy atom. The maximum absolute atomic E-state index is 15.4. The number of phosphoric ester groups is 1. The number of benzene rings is 4. The predicted octanol–water partition coefficient (Wildman–Crippen LogP) is 11.7. The van der Waals surface area contributed by atoms with Gasteiger partial charge in [-0.05, 0) is 170 Å². The highest BCUT2D eigenvalue weighted by molar-refractivity contribution is 7.48. The molecule has 470 valence electrons. The lowest BCUT2D eigenvalue weighted by Crippen LogP contribution is -2.63. The third-order valence-electron chi connectivity index (χ3n) is 18.1. The van der Waals surface area contributed by atoms with Crippen molar-refractivity contribution in [1.82, 2.24) is 10.6 Å². The Morgan fingerprint density at radius 2 is 1.48 bits per heavy atom. The number of anilines is 1. The van der Waals surface area contributed by atoms with E-state index in [1.54, 1.807) is 86.6 Å². The summed E-state index contributed by atoms with van der Waals surface area (Å²) in [6.07, 6.45) is 3.96. The molecule has 1 heterocycles. The van der Waals surface area contributed by atoms with Crippen LogP contribution in [0.2, 0.25) is 0 Å². The van der Waals surface area contributed by atoms with Crippen LogP contribution < -0.4 is 16.0 Å². The monoisotopic (exact) mass is 1230 g/mol. The van der Waals surface area contributed by atoms with Crippen LogP contribution in [0, 0.1) is 28.6 Å². The zero-order chi connectivity index (χ0) is 63.4. The summed E-state index contributed by atoms with van der Waals surface area (Å²) >= 11 is 0. The van der Waals surface area contributed by atoms with Gasteiger partial charge in [-0.1, -0.05) is 110 Å². The molecule has 88 heavy (non-hydrogen) atoms.